The van der Waals surface area contributed by atoms with E-state index in [1.54, 1.807) is 0 Å². The highest BCUT2D eigenvalue weighted by molar-refractivity contribution is 7.15. The Morgan fingerprint density at radius 1 is 1.37 bits per heavy atom. The third-order valence-corrected chi connectivity index (χ3v) is 3.54. The van der Waals surface area contributed by atoms with E-state index < -0.39 is 17.2 Å². The van der Waals surface area contributed by atoms with Crippen LogP contribution < -0.4 is 0 Å². The minimum Gasteiger partial charge on any atom is -0.478 e. The Morgan fingerprint density at radius 2 is 2.05 bits per heavy atom. The zero-order chi connectivity index (χ0) is 14.2. The van der Waals surface area contributed by atoms with Crippen LogP contribution in [0.1, 0.15) is 15.4 Å². The zero-order valence-electron chi connectivity index (χ0n) is 9.03. The average Bonchev–Trinajstić information content (AvgIpc) is 2.77. The maximum Gasteiger partial charge on any atom is 0.443 e. The molecule has 1 aromatic heterocycles. The van der Waals surface area contributed by atoms with Crippen molar-refractivity contribution in [2.24, 2.45) is 0 Å². The second kappa shape index (κ2) is 4.82. The van der Waals surface area contributed by atoms with E-state index in [1.807, 2.05) is 0 Å². The number of hydrogen-bond donors (Lipinski definition) is 1. The van der Waals surface area contributed by atoms with Crippen LogP contribution in [-0.2, 0) is 6.18 Å². The predicted molar refractivity (Wildman–Crippen MR) is 64.5 cm³/mol. The predicted octanol–water partition coefficient (Wildman–Crippen LogP) is 4.18. The van der Waals surface area contributed by atoms with E-state index in [2.05, 4.69) is 4.98 Å². The Kier molecular flexibility index (Phi) is 3.51. The smallest absolute Gasteiger partial charge is 0.443 e. The maximum absolute atomic E-state index is 12.5. The molecule has 0 aliphatic carbocycles. The molecule has 0 unspecified atom stereocenters. The molecule has 0 aliphatic rings. The van der Waals surface area contributed by atoms with Crippen LogP contribution in [0, 0.1) is 0 Å². The largest absolute Gasteiger partial charge is 0.478 e. The number of aromatic nitrogens is 1. The molecule has 8 heteroatoms. The molecule has 3 nitrogen and oxygen atoms in total. The van der Waals surface area contributed by atoms with Gasteiger partial charge in [-0.2, -0.15) is 13.2 Å². The van der Waals surface area contributed by atoms with Gasteiger partial charge in [0.2, 0.25) is 0 Å². The number of thiazole rings is 1. The summed E-state index contributed by atoms with van der Waals surface area (Å²) in [5.41, 5.74) is -0.00484. The van der Waals surface area contributed by atoms with Gasteiger partial charge < -0.3 is 5.11 Å². The highest BCUT2D eigenvalue weighted by atomic mass is 35.5. The lowest BCUT2D eigenvalue weighted by Gasteiger charge is -2.04. The van der Waals surface area contributed by atoms with Gasteiger partial charge in [0.15, 0.2) is 5.01 Å². The molecule has 1 aromatic carbocycles. The number of aromatic carboxylic acids is 1. The lowest BCUT2D eigenvalue weighted by atomic mass is 10.1. The summed E-state index contributed by atoms with van der Waals surface area (Å²) < 4.78 is 37.4. The molecular formula is C11H5ClF3NO2S. The van der Waals surface area contributed by atoms with Crippen LogP contribution in [0.5, 0.6) is 0 Å². The second-order valence-electron chi connectivity index (χ2n) is 3.52. The Bertz CT molecular complexity index is 639. The number of alkyl halides is 3. The number of halogens is 4. The van der Waals surface area contributed by atoms with Gasteiger partial charge in [-0.05, 0) is 12.1 Å². The van der Waals surface area contributed by atoms with Crippen molar-refractivity contribution in [1.29, 1.82) is 0 Å². The molecule has 2 aromatic rings. The third kappa shape index (κ3) is 2.87. The first-order valence-corrected chi connectivity index (χ1v) is 6.04. The lowest BCUT2D eigenvalue weighted by Crippen LogP contribution is -2.02. The summed E-state index contributed by atoms with van der Waals surface area (Å²) in [6.07, 6.45) is -3.54. The van der Waals surface area contributed by atoms with Crippen LogP contribution in [0.15, 0.2) is 24.4 Å². The van der Waals surface area contributed by atoms with Crippen molar-refractivity contribution in [3.8, 4) is 10.4 Å². The van der Waals surface area contributed by atoms with E-state index in [9.17, 15) is 18.0 Å². The van der Waals surface area contributed by atoms with Crippen LogP contribution >= 0.6 is 22.9 Å². The number of carbonyl (C=O) groups is 1. The number of carboxylic acid groups (broad SMARTS) is 1. The van der Waals surface area contributed by atoms with Crippen molar-refractivity contribution in [2.75, 3.05) is 0 Å². The normalized spacial score (nSPS) is 11.6. The molecule has 0 amide bonds. The highest BCUT2D eigenvalue weighted by Crippen LogP contribution is 2.37. The van der Waals surface area contributed by atoms with Gasteiger partial charge in [-0.3, -0.25) is 0 Å². The molecule has 0 atom stereocenters. The third-order valence-electron chi connectivity index (χ3n) is 2.23. The summed E-state index contributed by atoms with van der Waals surface area (Å²) in [5.74, 6) is -1.26. The molecule has 100 valence electrons. The Morgan fingerprint density at radius 3 is 2.58 bits per heavy atom. The maximum atomic E-state index is 12.5. The second-order valence-corrected chi connectivity index (χ2v) is 4.99. The van der Waals surface area contributed by atoms with E-state index in [0.29, 0.717) is 11.3 Å². The SMILES string of the molecule is O=C(O)c1cc(Cl)ccc1-c1cnc(C(F)(F)F)s1. The fourth-order valence-electron chi connectivity index (χ4n) is 1.44. The molecule has 0 aliphatic heterocycles. The van der Waals surface area contributed by atoms with Gasteiger partial charge in [0.05, 0.1) is 10.4 Å². The van der Waals surface area contributed by atoms with E-state index in [-0.39, 0.29) is 21.0 Å². The Hall–Kier alpha value is -1.60. The summed E-state index contributed by atoms with van der Waals surface area (Å²) in [7, 11) is 0. The first kappa shape index (κ1) is 13.8. The Balaban J connectivity index is 2.53. The van der Waals surface area contributed by atoms with Crippen LogP contribution in [-0.4, -0.2) is 16.1 Å². The number of rotatable bonds is 2. The topological polar surface area (TPSA) is 50.2 Å². The van der Waals surface area contributed by atoms with Gasteiger partial charge in [-0.1, -0.05) is 17.7 Å². The Labute approximate surface area is 114 Å². The van der Waals surface area contributed by atoms with Gasteiger partial charge >= 0.3 is 12.1 Å². The molecule has 0 saturated heterocycles. The zero-order valence-corrected chi connectivity index (χ0v) is 10.6. The van der Waals surface area contributed by atoms with Crippen molar-refractivity contribution >= 4 is 28.9 Å². The lowest BCUT2D eigenvalue weighted by molar-refractivity contribution is -0.137. The van der Waals surface area contributed by atoms with E-state index >= 15 is 0 Å². The first-order valence-electron chi connectivity index (χ1n) is 4.85. The summed E-state index contributed by atoms with van der Waals surface area (Å²) in [4.78, 5) is 14.4. The standard InChI is InChI=1S/C11H5ClF3NO2S/c12-5-1-2-6(7(3-5)9(17)18)8-4-16-10(19-8)11(13,14)15/h1-4H,(H,17,18). The van der Waals surface area contributed by atoms with E-state index in [0.717, 1.165) is 6.20 Å². The van der Waals surface area contributed by atoms with Crippen molar-refractivity contribution in [2.45, 2.75) is 6.18 Å². The number of nitrogens with zero attached hydrogens (tertiary/aromatic N) is 1. The summed E-state index contributed by atoms with van der Waals surface area (Å²) in [6, 6.07) is 3.96. The van der Waals surface area contributed by atoms with Crippen LogP contribution in [0.25, 0.3) is 10.4 Å². The summed E-state index contributed by atoms with van der Waals surface area (Å²) >= 11 is 6.06. The average molecular weight is 308 g/mol. The number of hydrogen-bond acceptors (Lipinski definition) is 3. The minimum atomic E-state index is -4.54. The van der Waals surface area contributed by atoms with Crippen molar-refractivity contribution in [3.05, 3.63) is 40.0 Å². The first-order chi connectivity index (χ1) is 8.79. The van der Waals surface area contributed by atoms with Crippen molar-refractivity contribution in [1.82, 2.24) is 4.98 Å². The van der Waals surface area contributed by atoms with Gasteiger partial charge in [0.1, 0.15) is 0 Å². The molecule has 2 rings (SSSR count). The fourth-order valence-corrected chi connectivity index (χ4v) is 2.43. The summed E-state index contributed by atoms with van der Waals surface area (Å²) in [6.45, 7) is 0. The van der Waals surface area contributed by atoms with Crippen molar-refractivity contribution < 1.29 is 23.1 Å². The monoisotopic (exact) mass is 307 g/mol. The molecular weight excluding hydrogens is 303 g/mol. The van der Waals surface area contributed by atoms with E-state index in [1.165, 1.54) is 18.2 Å². The quantitative estimate of drug-likeness (QED) is 0.905. The van der Waals surface area contributed by atoms with E-state index in [4.69, 9.17) is 16.7 Å². The fraction of sp³-hybridized carbons (Fsp3) is 0.0909. The molecule has 0 spiro atoms. The van der Waals surface area contributed by atoms with Gasteiger partial charge in [0.25, 0.3) is 0 Å². The molecule has 0 saturated carbocycles. The van der Waals surface area contributed by atoms with Gasteiger partial charge in [-0.15, -0.1) is 11.3 Å². The molecule has 1 heterocycles. The molecule has 19 heavy (non-hydrogen) atoms. The minimum absolute atomic E-state index is 0.126. The number of carboxylic acids is 1. The van der Waals surface area contributed by atoms with Crippen LogP contribution in [0.2, 0.25) is 5.02 Å². The number of benzene rings is 1. The van der Waals surface area contributed by atoms with Gasteiger partial charge in [-0.25, -0.2) is 9.78 Å². The van der Waals surface area contributed by atoms with Gasteiger partial charge in [0, 0.05) is 16.8 Å². The van der Waals surface area contributed by atoms with Crippen molar-refractivity contribution in [3.63, 3.8) is 0 Å². The highest BCUT2D eigenvalue weighted by Gasteiger charge is 2.35. The molecule has 0 bridgehead atoms. The summed E-state index contributed by atoms with van der Waals surface area (Å²) in [5, 5.41) is 8.20. The van der Waals surface area contributed by atoms with Crippen LogP contribution in [0.3, 0.4) is 0 Å². The molecule has 0 radical (unpaired) electrons. The molecule has 0 fully saturated rings. The van der Waals surface area contributed by atoms with Crippen LogP contribution in [0.4, 0.5) is 13.2 Å². The molecule has 1 N–H and O–H groups in total.